The lowest BCUT2D eigenvalue weighted by Gasteiger charge is -2.29. The predicted octanol–water partition coefficient (Wildman–Crippen LogP) is 3.61. The van der Waals surface area contributed by atoms with E-state index in [2.05, 4.69) is 10.3 Å². The fraction of sp³-hybridized carbons (Fsp3) is 0.333. The highest BCUT2D eigenvalue weighted by molar-refractivity contribution is 7.10. The van der Waals surface area contributed by atoms with Crippen LogP contribution < -0.4 is 10.1 Å². The number of allylic oxidation sites excluding steroid dienone is 1. The number of nitrogens with one attached hydrogen (secondary N) is 1. The molecule has 4 heterocycles. The van der Waals surface area contributed by atoms with Crippen LogP contribution in [0.15, 0.2) is 35.5 Å². The SMILES string of the molecule is CC1=C(Nc2cccnc2O[C@H]2CCOC2)c2ccsc2CN1C(=O)O. The molecule has 0 radical (unpaired) electrons. The van der Waals surface area contributed by atoms with Crippen LogP contribution in [0.3, 0.4) is 0 Å². The fourth-order valence-electron chi connectivity index (χ4n) is 3.12. The summed E-state index contributed by atoms with van der Waals surface area (Å²) in [5.41, 5.74) is 3.14. The van der Waals surface area contributed by atoms with Crippen LogP contribution in [-0.2, 0) is 11.3 Å². The van der Waals surface area contributed by atoms with Crippen molar-refractivity contribution in [2.24, 2.45) is 0 Å². The van der Waals surface area contributed by atoms with Gasteiger partial charge in [0.1, 0.15) is 11.8 Å². The van der Waals surface area contributed by atoms with Gasteiger partial charge in [-0.25, -0.2) is 9.78 Å². The first-order chi connectivity index (χ1) is 12.6. The molecule has 0 bridgehead atoms. The number of nitrogens with zero attached hydrogens (tertiary/aromatic N) is 2. The van der Waals surface area contributed by atoms with Gasteiger partial charge in [0.25, 0.3) is 0 Å². The second-order valence-corrected chi connectivity index (χ2v) is 7.17. The maximum absolute atomic E-state index is 11.6. The maximum Gasteiger partial charge on any atom is 0.411 e. The van der Waals surface area contributed by atoms with Gasteiger partial charge in [-0.05, 0) is 30.5 Å². The number of hydrogen-bond donors (Lipinski definition) is 2. The molecule has 8 heteroatoms. The summed E-state index contributed by atoms with van der Waals surface area (Å²) in [7, 11) is 0. The number of carbonyl (C=O) groups is 1. The van der Waals surface area contributed by atoms with Crippen LogP contribution in [0, 0.1) is 0 Å². The molecule has 1 amide bonds. The molecule has 2 aromatic rings. The minimum atomic E-state index is -0.966. The Hall–Kier alpha value is -2.58. The lowest BCUT2D eigenvalue weighted by molar-refractivity contribution is 0.138. The minimum absolute atomic E-state index is 0.0147. The van der Waals surface area contributed by atoms with Crippen LogP contribution >= 0.6 is 11.3 Å². The number of anilines is 1. The summed E-state index contributed by atoms with van der Waals surface area (Å²) in [5, 5.41) is 14.8. The van der Waals surface area contributed by atoms with E-state index < -0.39 is 6.09 Å². The fourth-order valence-corrected chi connectivity index (χ4v) is 3.99. The molecule has 0 aromatic carbocycles. The summed E-state index contributed by atoms with van der Waals surface area (Å²) in [6.07, 6.45) is 1.53. The molecule has 4 rings (SSSR count). The van der Waals surface area contributed by atoms with Crippen LogP contribution in [0.2, 0.25) is 0 Å². The molecule has 7 nitrogen and oxygen atoms in total. The summed E-state index contributed by atoms with van der Waals surface area (Å²) in [4.78, 5) is 18.3. The van der Waals surface area contributed by atoms with Gasteiger partial charge in [-0.1, -0.05) is 0 Å². The zero-order valence-corrected chi connectivity index (χ0v) is 15.1. The first-order valence-electron chi connectivity index (χ1n) is 8.38. The van der Waals surface area contributed by atoms with Crippen molar-refractivity contribution in [1.82, 2.24) is 9.88 Å². The van der Waals surface area contributed by atoms with Crippen molar-refractivity contribution >= 4 is 28.8 Å². The Labute approximate surface area is 154 Å². The third-order valence-electron chi connectivity index (χ3n) is 4.51. The number of rotatable bonds is 4. The summed E-state index contributed by atoms with van der Waals surface area (Å²) >= 11 is 1.55. The van der Waals surface area contributed by atoms with Gasteiger partial charge in [0.2, 0.25) is 5.88 Å². The van der Waals surface area contributed by atoms with Gasteiger partial charge in [0.15, 0.2) is 0 Å². The van der Waals surface area contributed by atoms with E-state index in [1.807, 2.05) is 23.6 Å². The van der Waals surface area contributed by atoms with Crippen molar-refractivity contribution in [2.45, 2.75) is 26.0 Å². The highest BCUT2D eigenvalue weighted by Crippen LogP contribution is 2.37. The molecular weight excluding hydrogens is 354 g/mol. The molecule has 136 valence electrons. The van der Waals surface area contributed by atoms with Crippen molar-refractivity contribution in [3.63, 3.8) is 0 Å². The topological polar surface area (TPSA) is 83.9 Å². The summed E-state index contributed by atoms with van der Waals surface area (Å²) in [5.74, 6) is 0.493. The van der Waals surface area contributed by atoms with E-state index in [1.165, 1.54) is 4.90 Å². The smallest absolute Gasteiger partial charge is 0.411 e. The third kappa shape index (κ3) is 3.13. The van der Waals surface area contributed by atoms with Gasteiger partial charge in [0.05, 0.1) is 25.5 Å². The Morgan fingerprint density at radius 1 is 1.50 bits per heavy atom. The second kappa shape index (κ2) is 6.97. The normalized spacial score (nSPS) is 19.4. The van der Waals surface area contributed by atoms with E-state index >= 15 is 0 Å². The molecule has 0 unspecified atom stereocenters. The lowest BCUT2D eigenvalue weighted by Crippen LogP contribution is -2.31. The van der Waals surface area contributed by atoms with E-state index in [9.17, 15) is 9.90 Å². The average molecular weight is 373 g/mol. The van der Waals surface area contributed by atoms with Gasteiger partial charge >= 0.3 is 6.09 Å². The highest BCUT2D eigenvalue weighted by atomic mass is 32.1. The predicted molar refractivity (Wildman–Crippen MR) is 98.2 cm³/mol. The van der Waals surface area contributed by atoms with Crippen molar-refractivity contribution in [1.29, 1.82) is 0 Å². The zero-order valence-electron chi connectivity index (χ0n) is 14.3. The molecule has 2 aliphatic heterocycles. The van der Waals surface area contributed by atoms with Crippen molar-refractivity contribution in [2.75, 3.05) is 18.5 Å². The van der Waals surface area contributed by atoms with Crippen LogP contribution in [0.5, 0.6) is 5.88 Å². The Balaban J connectivity index is 1.67. The first-order valence-corrected chi connectivity index (χ1v) is 9.26. The molecule has 2 N–H and O–H groups in total. The average Bonchev–Trinajstić information content (AvgIpc) is 3.29. The van der Waals surface area contributed by atoms with E-state index in [0.29, 0.717) is 37.0 Å². The molecule has 2 aliphatic rings. The van der Waals surface area contributed by atoms with Crippen LogP contribution in [-0.4, -0.2) is 40.4 Å². The molecule has 1 atom stereocenters. The molecule has 0 saturated carbocycles. The largest absolute Gasteiger partial charge is 0.470 e. The van der Waals surface area contributed by atoms with E-state index in [0.717, 1.165) is 22.6 Å². The van der Waals surface area contributed by atoms with Crippen LogP contribution in [0.1, 0.15) is 23.8 Å². The molecule has 0 aliphatic carbocycles. The van der Waals surface area contributed by atoms with Crippen molar-refractivity contribution in [3.05, 3.63) is 45.9 Å². The molecule has 26 heavy (non-hydrogen) atoms. The van der Waals surface area contributed by atoms with Gasteiger partial charge in [-0.15, -0.1) is 11.3 Å². The molecule has 0 spiro atoms. The summed E-state index contributed by atoms with van der Waals surface area (Å²) in [6, 6.07) is 5.71. The van der Waals surface area contributed by atoms with Crippen molar-refractivity contribution in [3.8, 4) is 5.88 Å². The summed E-state index contributed by atoms with van der Waals surface area (Å²) < 4.78 is 11.3. The first kappa shape index (κ1) is 16.9. The number of pyridine rings is 1. The number of aromatic nitrogens is 1. The minimum Gasteiger partial charge on any atom is -0.470 e. The third-order valence-corrected chi connectivity index (χ3v) is 5.42. The number of fused-ring (bicyclic) bond motifs is 1. The van der Waals surface area contributed by atoms with Gasteiger partial charge in [-0.3, -0.25) is 4.90 Å². The highest BCUT2D eigenvalue weighted by Gasteiger charge is 2.28. The zero-order chi connectivity index (χ0) is 18.1. The lowest BCUT2D eigenvalue weighted by atomic mass is 10.1. The standard InChI is InChI=1S/C18H19N3O4S/c1-11-16(13-5-8-26-15(13)9-21(11)18(22)23)20-14-3-2-6-19-17(14)25-12-4-7-24-10-12/h2-3,5-6,8,12,20H,4,7,9-10H2,1H3,(H,22,23)/t12-/m0/s1. The van der Waals surface area contributed by atoms with Gasteiger partial charge < -0.3 is 19.9 Å². The van der Waals surface area contributed by atoms with Crippen LogP contribution in [0.25, 0.3) is 5.70 Å². The van der Waals surface area contributed by atoms with E-state index in [4.69, 9.17) is 9.47 Å². The molecule has 2 aromatic heterocycles. The summed E-state index contributed by atoms with van der Waals surface area (Å²) in [6.45, 7) is 3.42. The Kier molecular flexibility index (Phi) is 4.52. The molecule has 1 saturated heterocycles. The maximum atomic E-state index is 11.6. The monoisotopic (exact) mass is 373 g/mol. The number of thiophene rings is 1. The molecule has 1 fully saturated rings. The van der Waals surface area contributed by atoms with E-state index in [-0.39, 0.29) is 6.10 Å². The number of carboxylic acid groups (broad SMARTS) is 1. The Bertz CT molecular complexity index is 858. The number of hydrogen-bond acceptors (Lipinski definition) is 6. The molecular formula is C18H19N3O4S. The Morgan fingerprint density at radius 3 is 3.15 bits per heavy atom. The van der Waals surface area contributed by atoms with E-state index in [1.54, 1.807) is 24.5 Å². The Morgan fingerprint density at radius 2 is 2.38 bits per heavy atom. The number of amides is 1. The quantitative estimate of drug-likeness (QED) is 0.852. The number of ether oxygens (including phenoxy) is 2. The second-order valence-electron chi connectivity index (χ2n) is 6.17. The van der Waals surface area contributed by atoms with Gasteiger partial charge in [0, 0.05) is 28.8 Å². The van der Waals surface area contributed by atoms with Crippen molar-refractivity contribution < 1.29 is 19.4 Å². The van der Waals surface area contributed by atoms with Crippen LogP contribution in [0.4, 0.5) is 10.5 Å². The van der Waals surface area contributed by atoms with Gasteiger partial charge in [-0.2, -0.15) is 0 Å².